The second-order valence-corrected chi connectivity index (χ2v) is 5.18. The number of H-pyrrole nitrogens is 1. The molecule has 4 heteroatoms. The summed E-state index contributed by atoms with van der Waals surface area (Å²) in [7, 11) is 1.85. The molecule has 0 aliphatic carbocycles. The monoisotopic (exact) mass is 331 g/mol. The summed E-state index contributed by atoms with van der Waals surface area (Å²) in [6.45, 7) is 11.8. The van der Waals surface area contributed by atoms with E-state index in [-0.39, 0.29) is 0 Å². The van der Waals surface area contributed by atoms with E-state index in [1.165, 1.54) is 0 Å². The second kappa shape index (κ2) is 9.21. The minimum Gasteiger partial charge on any atom is -0.386 e. The predicted molar refractivity (Wildman–Crippen MR) is 103 cm³/mol. The number of nitrogens with one attached hydrogen (secondary N) is 2. The van der Waals surface area contributed by atoms with E-state index in [1.54, 1.807) is 6.08 Å². The summed E-state index contributed by atoms with van der Waals surface area (Å²) in [6, 6.07) is 4.08. The fourth-order valence-electron chi connectivity index (χ4n) is 2.28. The molecule has 23 heavy (non-hydrogen) atoms. The van der Waals surface area contributed by atoms with Crippen molar-refractivity contribution in [1.29, 1.82) is 0 Å². The summed E-state index contributed by atoms with van der Waals surface area (Å²) in [6.07, 6.45) is 6.46. The van der Waals surface area contributed by atoms with Gasteiger partial charge in [0.1, 0.15) is 5.71 Å². The van der Waals surface area contributed by atoms with E-state index in [4.69, 9.17) is 11.6 Å². The van der Waals surface area contributed by atoms with Crippen LogP contribution < -0.4 is 5.32 Å². The maximum atomic E-state index is 6.50. The first kappa shape index (κ1) is 19.0. The van der Waals surface area contributed by atoms with E-state index in [0.29, 0.717) is 5.03 Å². The molecule has 0 fully saturated rings. The number of halogens is 1. The van der Waals surface area contributed by atoms with Gasteiger partial charge in [0.25, 0.3) is 0 Å². The van der Waals surface area contributed by atoms with Crippen LogP contribution in [0.5, 0.6) is 0 Å². The molecule has 0 unspecified atom stereocenters. The van der Waals surface area contributed by atoms with Gasteiger partial charge in [-0.1, -0.05) is 45.0 Å². The molecule has 124 valence electrons. The fraction of sp³-hybridized carbons (Fsp3) is 0.316. The van der Waals surface area contributed by atoms with Gasteiger partial charge in [0, 0.05) is 18.4 Å². The van der Waals surface area contributed by atoms with Crippen LogP contribution in [-0.2, 0) is 0 Å². The molecule has 1 aliphatic heterocycles. The van der Waals surface area contributed by atoms with Crippen molar-refractivity contribution < 1.29 is 0 Å². The number of aliphatic imine (C=N–C) groups is 1. The zero-order valence-corrected chi connectivity index (χ0v) is 15.4. The number of aryl methyl sites for hydroxylation is 1. The third-order valence-electron chi connectivity index (χ3n) is 3.32. The number of rotatable bonds is 5. The van der Waals surface area contributed by atoms with Crippen molar-refractivity contribution in [3.05, 3.63) is 64.3 Å². The van der Waals surface area contributed by atoms with Gasteiger partial charge in [-0.05, 0) is 43.2 Å². The Morgan fingerprint density at radius 1 is 1.39 bits per heavy atom. The highest BCUT2D eigenvalue weighted by molar-refractivity contribution is 6.48. The fourth-order valence-corrected chi connectivity index (χ4v) is 2.66. The Kier molecular flexibility index (Phi) is 7.63. The maximum absolute atomic E-state index is 6.50. The molecule has 0 amide bonds. The molecule has 0 bridgehead atoms. The van der Waals surface area contributed by atoms with Crippen molar-refractivity contribution in [3.8, 4) is 0 Å². The van der Waals surface area contributed by atoms with Crippen molar-refractivity contribution in [1.82, 2.24) is 10.3 Å². The van der Waals surface area contributed by atoms with E-state index in [1.807, 2.05) is 52.1 Å². The van der Waals surface area contributed by atoms with Crippen LogP contribution in [0.3, 0.4) is 0 Å². The molecule has 1 aromatic heterocycles. The highest BCUT2D eigenvalue weighted by atomic mass is 35.5. The van der Waals surface area contributed by atoms with Gasteiger partial charge in [0.05, 0.1) is 16.4 Å². The van der Waals surface area contributed by atoms with Crippen LogP contribution in [0.2, 0.25) is 0 Å². The SMILES string of the molecule is C=C/C=C(\NC)C1=N/C(=C\c2ccc(C)[nH]2)C(CC)=C1Cl.CC. The molecule has 3 nitrogen and oxygen atoms in total. The third kappa shape index (κ3) is 4.49. The lowest BCUT2D eigenvalue weighted by atomic mass is 10.1. The topological polar surface area (TPSA) is 40.2 Å². The van der Waals surface area contributed by atoms with Crippen LogP contribution in [0.4, 0.5) is 0 Å². The van der Waals surface area contributed by atoms with E-state index in [9.17, 15) is 0 Å². The summed E-state index contributed by atoms with van der Waals surface area (Å²) >= 11 is 6.50. The number of hydrogen-bond acceptors (Lipinski definition) is 2. The molecular weight excluding hydrogens is 306 g/mol. The second-order valence-electron chi connectivity index (χ2n) is 4.80. The molecule has 0 spiro atoms. The van der Waals surface area contributed by atoms with E-state index in [2.05, 4.69) is 28.8 Å². The minimum absolute atomic E-state index is 0.703. The van der Waals surface area contributed by atoms with Gasteiger partial charge in [-0.15, -0.1) is 0 Å². The standard InChI is InChI=1S/C17H20ClN3.C2H6/c1-5-7-14(19-4)17-16(18)13(6-2)15(21-17)10-12-9-8-11(3)20-12;1-2/h5,7-10,19-20H,1,6H2,2-4H3;1-2H3/b14-7-,15-10-;. The van der Waals surface area contributed by atoms with Gasteiger partial charge in [0.15, 0.2) is 0 Å². The zero-order valence-electron chi connectivity index (χ0n) is 14.6. The first-order chi connectivity index (χ1) is 11.1. The number of nitrogens with zero attached hydrogens (tertiary/aromatic N) is 1. The van der Waals surface area contributed by atoms with E-state index < -0.39 is 0 Å². The summed E-state index contributed by atoms with van der Waals surface area (Å²) in [4.78, 5) is 7.98. The molecule has 0 saturated carbocycles. The van der Waals surface area contributed by atoms with Crippen LogP contribution in [-0.4, -0.2) is 17.7 Å². The number of aromatic nitrogens is 1. The first-order valence-corrected chi connectivity index (χ1v) is 8.34. The lowest BCUT2D eigenvalue weighted by molar-refractivity contribution is 1.05. The highest BCUT2D eigenvalue weighted by Gasteiger charge is 2.23. The van der Waals surface area contributed by atoms with Crippen molar-refractivity contribution >= 4 is 23.4 Å². The largest absolute Gasteiger partial charge is 0.386 e. The smallest absolute Gasteiger partial charge is 0.106 e. The quantitative estimate of drug-likeness (QED) is 0.703. The molecule has 2 rings (SSSR count). The van der Waals surface area contributed by atoms with E-state index in [0.717, 1.165) is 40.5 Å². The lowest BCUT2D eigenvalue weighted by Crippen LogP contribution is -2.15. The van der Waals surface area contributed by atoms with Gasteiger partial charge in [0.2, 0.25) is 0 Å². The molecule has 1 aliphatic rings. The predicted octanol–water partition coefficient (Wildman–Crippen LogP) is 5.34. The van der Waals surface area contributed by atoms with Crippen LogP contribution in [0.1, 0.15) is 38.6 Å². The Hall–Kier alpha value is -2.00. The molecule has 1 aromatic rings. The van der Waals surface area contributed by atoms with Gasteiger partial charge in [-0.3, -0.25) is 0 Å². The minimum atomic E-state index is 0.703. The van der Waals surface area contributed by atoms with Gasteiger partial charge >= 0.3 is 0 Å². The molecule has 0 radical (unpaired) electrons. The lowest BCUT2D eigenvalue weighted by Gasteiger charge is -2.05. The number of allylic oxidation sites excluding steroid dienone is 4. The number of aromatic amines is 1. The average molecular weight is 332 g/mol. The molecule has 0 aromatic carbocycles. The summed E-state index contributed by atoms with van der Waals surface area (Å²) in [5.41, 5.74) is 5.76. The third-order valence-corrected chi connectivity index (χ3v) is 3.73. The van der Waals surface area contributed by atoms with Crippen LogP contribution in [0.25, 0.3) is 6.08 Å². The van der Waals surface area contributed by atoms with E-state index >= 15 is 0 Å². The van der Waals surface area contributed by atoms with Crippen molar-refractivity contribution in [2.24, 2.45) is 4.99 Å². The van der Waals surface area contributed by atoms with Crippen LogP contribution in [0.15, 0.2) is 57.9 Å². The van der Waals surface area contributed by atoms with Crippen molar-refractivity contribution in [3.63, 3.8) is 0 Å². The van der Waals surface area contributed by atoms with Gasteiger partial charge < -0.3 is 10.3 Å². The summed E-state index contributed by atoms with van der Waals surface area (Å²) in [5.74, 6) is 0. The molecule has 0 atom stereocenters. The Balaban J connectivity index is 0.00000127. The van der Waals surface area contributed by atoms with Crippen molar-refractivity contribution in [2.75, 3.05) is 7.05 Å². The van der Waals surface area contributed by atoms with Crippen molar-refractivity contribution in [2.45, 2.75) is 34.1 Å². The summed E-state index contributed by atoms with van der Waals surface area (Å²) in [5, 5.41) is 3.82. The van der Waals surface area contributed by atoms with Crippen LogP contribution in [0, 0.1) is 6.92 Å². The first-order valence-electron chi connectivity index (χ1n) is 7.97. The Morgan fingerprint density at radius 2 is 2.09 bits per heavy atom. The maximum Gasteiger partial charge on any atom is 0.106 e. The summed E-state index contributed by atoms with van der Waals surface area (Å²) < 4.78 is 0. The van der Waals surface area contributed by atoms with Gasteiger partial charge in [-0.2, -0.15) is 0 Å². The normalized spacial score (nSPS) is 16.2. The molecule has 2 heterocycles. The molecule has 0 saturated heterocycles. The zero-order chi connectivity index (χ0) is 17.4. The molecular formula is C19H26ClN3. The van der Waals surface area contributed by atoms with Crippen LogP contribution >= 0.6 is 11.6 Å². The number of hydrogen-bond donors (Lipinski definition) is 2. The Morgan fingerprint density at radius 3 is 2.57 bits per heavy atom. The molecule has 2 N–H and O–H groups in total. The Labute approximate surface area is 144 Å². The Bertz CT molecular complexity index is 673. The van der Waals surface area contributed by atoms with Gasteiger partial charge in [-0.25, -0.2) is 4.99 Å². The highest BCUT2D eigenvalue weighted by Crippen LogP contribution is 2.33. The average Bonchev–Trinajstić information content (AvgIpc) is 3.10.